The van der Waals surface area contributed by atoms with Gasteiger partial charge in [0.15, 0.2) is 5.75 Å². The molecule has 0 spiro atoms. The Morgan fingerprint density at radius 1 is 1.22 bits per heavy atom. The van der Waals surface area contributed by atoms with Gasteiger partial charge in [-0.3, -0.25) is 0 Å². The van der Waals surface area contributed by atoms with Crippen LogP contribution in [0, 0.1) is 0 Å². The Labute approximate surface area is 100 Å². The molecular formula is C11H9F3N2O2. The SMILES string of the molecule is COc1ccc(-n2cc(O)c(C(F)(F)F)n2)cc1. The predicted octanol–water partition coefficient (Wildman–Crippen LogP) is 2.61. The molecule has 18 heavy (non-hydrogen) atoms. The topological polar surface area (TPSA) is 47.3 Å². The number of aromatic nitrogens is 2. The van der Waals surface area contributed by atoms with Crippen molar-refractivity contribution >= 4 is 0 Å². The highest BCUT2D eigenvalue weighted by atomic mass is 19.4. The van der Waals surface area contributed by atoms with Crippen molar-refractivity contribution in [1.82, 2.24) is 9.78 Å². The molecule has 0 atom stereocenters. The first kappa shape index (κ1) is 12.3. The highest BCUT2D eigenvalue weighted by Gasteiger charge is 2.37. The van der Waals surface area contributed by atoms with Gasteiger partial charge in [0, 0.05) is 0 Å². The van der Waals surface area contributed by atoms with Crippen LogP contribution >= 0.6 is 0 Å². The summed E-state index contributed by atoms with van der Waals surface area (Å²) >= 11 is 0. The molecule has 7 heteroatoms. The average molecular weight is 258 g/mol. The van der Waals surface area contributed by atoms with Gasteiger partial charge in [0.05, 0.1) is 19.0 Å². The zero-order valence-corrected chi connectivity index (χ0v) is 9.27. The Morgan fingerprint density at radius 2 is 1.83 bits per heavy atom. The Morgan fingerprint density at radius 3 is 2.28 bits per heavy atom. The molecule has 0 saturated heterocycles. The normalized spacial score (nSPS) is 11.6. The van der Waals surface area contributed by atoms with Gasteiger partial charge in [-0.2, -0.15) is 18.3 Å². The molecular weight excluding hydrogens is 249 g/mol. The molecule has 0 saturated carbocycles. The molecule has 0 bridgehead atoms. The highest BCUT2D eigenvalue weighted by Crippen LogP contribution is 2.34. The van der Waals surface area contributed by atoms with E-state index >= 15 is 0 Å². The minimum Gasteiger partial charge on any atom is -0.504 e. The molecule has 1 aromatic carbocycles. The third-order valence-corrected chi connectivity index (χ3v) is 2.30. The maximum absolute atomic E-state index is 12.4. The van der Waals surface area contributed by atoms with Gasteiger partial charge in [-0.1, -0.05) is 0 Å². The summed E-state index contributed by atoms with van der Waals surface area (Å²) in [6, 6.07) is 6.24. The second kappa shape index (κ2) is 4.25. The summed E-state index contributed by atoms with van der Waals surface area (Å²) in [4.78, 5) is 0. The van der Waals surface area contributed by atoms with Crippen molar-refractivity contribution in [3.8, 4) is 17.2 Å². The molecule has 0 amide bonds. The second-order valence-electron chi connectivity index (χ2n) is 3.50. The standard InChI is InChI=1S/C11H9F3N2O2/c1-18-8-4-2-7(3-5-8)16-6-9(17)10(15-16)11(12,13)14/h2-6,17H,1H3. The molecule has 0 aliphatic rings. The lowest BCUT2D eigenvalue weighted by atomic mass is 10.3. The number of nitrogens with zero attached hydrogens (tertiary/aromatic N) is 2. The van der Waals surface area contributed by atoms with Crippen LogP contribution in [0.3, 0.4) is 0 Å². The Hall–Kier alpha value is -2.18. The van der Waals surface area contributed by atoms with E-state index in [0.717, 1.165) is 10.9 Å². The molecule has 2 aromatic rings. The van der Waals surface area contributed by atoms with Crippen molar-refractivity contribution in [2.24, 2.45) is 0 Å². The molecule has 0 aliphatic carbocycles. The van der Waals surface area contributed by atoms with Gasteiger partial charge in [-0.05, 0) is 24.3 Å². The number of ether oxygens (including phenoxy) is 1. The van der Waals surface area contributed by atoms with E-state index in [1.54, 1.807) is 12.1 Å². The van der Waals surface area contributed by atoms with Crippen LogP contribution in [0.4, 0.5) is 13.2 Å². The molecule has 2 rings (SSSR count). The van der Waals surface area contributed by atoms with Crippen molar-refractivity contribution in [2.45, 2.75) is 6.18 Å². The van der Waals surface area contributed by atoms with Crippen LogP contribution in [0.25, 0.3) is 5.69 Å². The number of methoxy groups -OCH3 is 1. The van der Waals surface area contributed by atoms with E-state index in [0.29, 0.717) is 11.4 Å². The Balaban J connectivity index is 2.39. The van der Waals surface area contributed by atoms with Crippen LogP contribution in [-0.2, 0) is 6.18 Å². The molecule has 1 aromatic heterocycles. The van der Waals surface area contributed by atoms with Crippen molar-refractivity contribution < 1.29 is 23.0 Å². The van der Waals surface area contributed by atoms with Crippen molar-refractivity contribution in [3.63, 3.8) is 0 Å². The molecule has 0 fully saturated rings. The van der Waals surface area contributed by atoms with Crippen molar-refractivity contribution in [3.05, 3.63) is 36.2 Å². The van der Waals surface area contributed by atoms with Crippen molar-refractivity contribution in [2.75, 3.05) is 7.11 Å². The minimum atomic E-state index is -4.68. The third kappa shape index (κ3) is 2.24. The molecule has 1 heterocycles. The van der Waals surface area contributed by atoms with Gasteiger partial charge >= 0.3 is 6.18 Å². The van der Waals surface area contributed by atoms with E-state index in [4.69, 9.17) is 4.74 Å². The zero-order valence-electron chi connectivity index (χ0n) is 9.27. The van der Waals surface area contributed by atoms with Crippen molar-refractivity contribution in [1.29, 1.82) is 0 Å². The fourth-order valence-corrected chi connectivity index (χ4v) is 1.43. The number of benzene rings is 1. The number of alkyl halides is 3. The molecule has 0 aliphatic heterocycles. The van der Waals surface area contributed by atoms with E-state index in [9.17, 15) is 18.3 Å². The quantitative estimate of drug-likeness (QED) is 0.900. The number of hydrogen-bond acceptors (Lipinski definition) is 3. The lowest BCUT2D eigenvalue weighted by molar-refractivity contribution is -0.142. The van der Waals surface area contributed by atoms with Gasteiger partial charge < -0.3 is 9.84 Å². The largest absolute Gasteiger partial charge is 0.504 e. The summed E-state index contributed by atoms with van der Waals surface area (Å²) in [5, 5.41) is 12.5. The van der Waals surface area contributed by atoms with Crippen LogP contribution in [0.15, 0.2) is 30.5 Å². The summed E-state index contributed by atoms with van der Waals surface area (Å²) in [5.41, 5.74) is -0.917. The van der Waals surface area contributed by atoms with Crippen LogP contribution in [0.5, 0.6) is 11.5 Å². The summed E-state index contributed by atoms with van der Waals surface area (Å²) in [6.07, 6.45) is -3.77. The highest BCUT2D eigenvalue weighted by molar-refractivity contribution is 5.39. The maximum Gasteiger partial charge on any atom is 0.438 e. The van der Waals surface area contributed by atoms with E-state index in [-0.39, 0.29) is 0 Å². The molecule has 4 nitrogen and oxygen atoms in total. The molecule has 0 unspecified atom stereocenters. The monoisotopic (exact) mass is 258 g/mol. The molecule has 1 N–H and O–H groups in total. The maximum atomic E-state index is 12.4. The van der Waals surface area contributed by atoms with Gasteiger partial charge in [0.1, 0.15) is 5.75 Å². The predicted molar refractivity (Wildman–Crippen MR) is 56.8 cm³/mol. The lowest BCUT2D eigenvalue weighted by Gasteiger charge is -2.04. The molecule has 96 valence electrons. The van der Waals surface area contributed by atoms with Crippen LogP contribution in [0.1, 0.15) is 5.69 Å². The van der Waals surface area contributed by atoms with E-state index < -0.39 is 17.6 Å². The summed E-state index contributed by atoms with van der Waals surface area (Å²) < 4.78 is 43.2. The Kier molecular flexibility index (Phi) is 2.90. The first-order valence-electron chi connectivity index (χ1n) is 4.92. The summed E-state index contributed by atoms with van der Waals surface area (Å²) in [5.74, 6) is -0.329. The van der Waals surface area contributed by atoms with Crippen LogP contribution in [-0.4, -0.2) is 22.0 Å². The molecule has 0 radical (unpaired) electrons. The zero-order chi connectivity index (χ0) is 13.3. The van der Waals surface area contributed by atoms with E-state index in [1.807, 2.05) is 0 Å². The minimum absolute atomic E-state index is 0.390. The number of hydrogen-bond donors (Lipinski definition) is 1. The lowest BCUT2D eigenvalue weighted by Crippen LogP contribution is -2.07. The second-order valence-corrected chi connectivity index (χ2v) is 3.50. The summed E-state index contributed by atoms with van der Waals surface area (Å²) in [7, 11) is 1.48. The van der Waals surface area contributed by atoms with Gasteiger partial charge in [0.25, 0.3) is 0 Å². The average Bonchev–Trinajstić information content (AvgIpc) is 2.71. The fraction of sp³-hybridized carbons (Fsp3) is 0.182. The first-order chi connectivity index (χ1) is 8.41. The van der Waals surface area contributed by atoms with Gasteiger partial charge in [-0.15, -0.1) is 0 Å². The van der Waals surface area contributed by atoms with Gasteiger partial charge in [0.2, 0.25) is 5.69 Å². The number of rotatable bonds is 2. The smallest absolute Gasteiger partial charge is 0.438 e. The first-order valence-corrected chi connectivity index (χ1v) is 4.92. The van der Waals surface area contributed by atoms with E-state index in [2.05, 4.69) is 5.10 Å². The van der Waals surface area contributed by atoms with E-state index in [1.165, 1.54) is 19.2 Å². The van der Waals surface area contributed by atoms with Crippen LogP contribution < -0.4 is 4.74 Å². The fourth-order valence-electron chi connectivity index (χ4n) is 1.43. The van der Waals surface area contributed by atoms with Crippen LogP contribution in [0.2, 0.25) is 0 Å². The third-order valence-electron chi connectivity index (χ3n) is 2.30. The Bertz CT molecular complexity index is 546. The van der Waals surface area contributed by atoms with Gasteiger partial charge in [-0.25, -0.2) is 4.68 Å². The number of aromatic hydroxyl groups is 1. The number of halogens is 3. The summed E-state index contributed by atoms with van der Waals surface area (Å²) in [6.45, 7) is 0.